The van der Waals surface area contributed by atoms with Crippen LogP contribution in [0.1, 0.15) is 18.1 Å². The summed E-state index contributed by atoms with van der Waals surface area (Å²) in [6, 6.07) is 15.7. The average molecular weight is 272 g/mol. The molecule has 0 aromatic heterocycles. The maximum absolute atomic E-state index is 9.58. The second kappa shape index (κ2) is 6.96. The number of benzene rings is 2. The molecule has 0 bridgehead atoms. The standard InChI is InChI=1S/C17H20O3/c1-13(18)11-15-9-6-10-16(19-2)17(15)20-12-14-7-4-3-5-8-14/h3-10,13,18H,11-12H2,1-2H3. The van der Waals surface area contributed by atoms with E-state index in [4.69, 9.17) is 9.47 Å². The molecule has 0 heterocycles. The molecule has 3 heteroatoms. The highest BCUT2D eigenvalue weighted by atomic mass is 16.5. The maximum Gasteiger partial charge on any atom is 0.164 e. The van der Waals surface area contributed by atoms with E-state index in [1.54, 1.807) is 14.0 Å². The average Bonchev–Trinajstić information content (AvgIpc) is 2.46. The van der Waals surface area contributed by atoms with Crippen LogP contribution in [-0.2, 0) is 13.0 Å². The third-order valence-corrected chi connectivity index (χ3v) is 3.02. The Balaban J connectivity index is 2.19. The van der Waals surface area contributed by atoms with Crippen LogP contribution in [0.4, 0.5) is 0 Å². The Kier molecular flexibility index (Phi) is 5.02. The van der Waals surface area contributed by atoms with Gasteiger partial charge in [-0.3, -0.25) is 0 Å². The summed E-state index contributed by atoms with van der Waals surface area (Å²) in [7, 11) is 1.62. The highest BCUT2D eigenvalue weighted by molar-refractivity contribution is 5.47. The van der Waals surface area contributed by atoms with E-state index in [0.29, 0.717) is 24.5 Å². The minimum atomic E-state index is -0.416. The van der Waals surface area contributed by atoms with Crippen molar-refractivity contribution in [2.24, 2.45) is 0 Å². The van der Waals surface area contributed by atoms with Crippen LogP contribution in [0.2, 0.25) is 0 Å². The molecule has 0 amide bonds. The minimum Gasteiger partial charge on any atom is -0.493 e. The Labute approximate surface area is 119 Å². The molecule has 106 valence electrons. The molecule has 0 radical (unpaired) electrons. The van der Waals surface area contributed by atoms with E-state index in [2.05, 4.69) is 0 Å². The van der Waals surface area contributed by atoms with Crippen molar-refractivity contribution in [3.8, 4) is 11.5 Å². The molecule has 0 spiro atoms. The third-order valence-electron chi connectivity index (χ3n) is 3.02. The SMILES string of the molecule is COc1cccc(CC(C)O)c1OCc1ccccc1. The molecule has 0 saturated carbocycles. The van der Waals surface area contributed by atoms with Gasteiger partial charge in [-0.2, -0.15) is 0 Å². The summed E-state index contributed by atoms with van der Waals surface area (Å²) in [5.74, 6) is 1.40. The fourth-order valence-corrected chi connectivity index (χ4v) is 2.09. The molecule has 0 fully saturated rings. The normalized spacial score (nSPS) is 11.9. The zero-order chi connectivity index (χ0) is 14.4. The van der Waals surface area contributed by atoms with Crippen LogP contribution in [0, 0.1) is 0 Å². The van der Waals surface area contributed by atoms with Crippen LogP contribution >= 0.6 is 0 Å². The van der Waals surface area contributed by atoms with Crippen LogP contribution in [0.5, 0.6) is 11.5 Å². The molecule has 1 N–H and O–H groups in total. The third kappa shape index (κ3) is 3.75. The first-order valence-corrected chi connectivity index (χ1v) is 6.71. The Morgan fingerprint density at radius 2 is 1.80 bits per heavy atom. The van der Waals surface area contributed by atoms with Crippen molar-refractivity contribution in [2.45, 2.75) is 26.1 Å². The van der Waals surface area contributed by atoms with Gasteiger partial charge in [-0.25, -0.2) is 0 Å². The lowest BCUT2D eigenvalue weighted by Gasteiger charge is -2.16. The summed E-state index contributed by atoms with van der Waals surface area (Å²) in [6.45, 7) is 2.24. The number of aliphatic hydroxyl groups is 1. The Morgan fingerprint density at radius 1 is 1.05 bits per heavy atom. The van der Waals surface area contributed by atoms with Gasteiger partial charge in [-0.05, 0) is 18.6 Å². The summed E-state index contributed by atoms with van der Waals surface area (Å²) < 4.78 is 11.3. The molecule has 1 unspecified atom stereocenters. The molecule has 0 aliphatic heterocycles. The Bertz CT molecular complexity index is 535. The highest BCUT2D eigenvalue weighted by Gasteiger charge is 2.12. The first-order valence-electron chi connectivity index (χ1n) is 6.71. The number of hydrogen-bond acceptors (Lipinski definition) is 3. The highest BCUT2D eigenvalue weighted by Crippen LogP contribution is 2.32. The van der Waals surface area contributed by atoms with Crippen molar-refractivity contribution in [1.29, 1.82) is 0 Å². The van der Waals surface area contributed by atoms with Gasteiger partial charge in [0.2, 0.25) is 0 Å². The Morgan fingerprint density at radius 3 is 2.45 bits per heavy atom. The van der Waals surface area contributed by atoms with Gasteiger partial charge in [0.15, 0.2) is 11.5 Å². The predicted octanol–water partition coefficient (Wildman–Crippen LogP) is 3.20. The second-order valence-electron chi connectivity index (χ2n) is 4.78. The van der Waals surface area contributed by atoms with Gasteiger partial charge < -0.3 is 14.6 Å². The van der Waals surface area contributed by atoms with Crippen molar-refractivity contribution in [3.05, 3.63) is 59.7 Å². The number of rotatable bonds is 6. The van der Waals surface area contributed by atoms with Crippen molar-refractivity contribution in [1.82, 2.24) is 0 Å². The van der Waals surface area contributed by atoms with Gasteiger partial charge in [0, 0.05) is 12.0 Å². The van der Waals surface area contributed by atoms with Crippen molar-refractivity contribution in [2.75, 3.05) is 7.11 Å². The molecule has 2 rings (SSSR count). The quantitative estimate of drug-likeness (QED) is 0.877. The molecule has 1 atom stereocenters. The summed E-state index contributed by atoms with van der Waals surface area (Å²) in [5, 5.41) is 9.58. The molecular weight excluding hydrogens is 252 g/mol. The molecular formula is C17H20O3. The van der Waals surface area contributed by atoms with Crippen molar-refractivity contribution < 1.29 is 14.6 Å². The zero-order valence-electron chi connectivity index (χ0n) is 11.9. The first kappa shape index (κ1) is 14.4. The van der Waals surface area contributed by atoms with E-state index < -0.39 is 6.10 Å². The zero-order valence-corrected chi connectivity index (χ0v) is 11.9. The van der Waals surface area contributed by atoms with Gasteiger partial charge in [0.25, 0.3) is 0 Å². The van der Waals surface area contributed by atoms with Gasteiger partial charge in [-0.15, -0.1) is 0 Å². The summed E-state index contributed by atoms with van der Waals surface area (Å²) in [5.41, 5.74) is 2.05. The van der Waals surface area contributed by atoms with E-state index in [9.17, 15) is 5.11 Å². The smallest absolute Gasteiger partial charge is 0.164 e. The maximum atomic E-state index is 9.58. The molecule has 2 aromatic rings. The van der Waals surface area contributed by atoms with Crippen LogP contribution < -0.4 is 9.47 Å². The van der Waals surface area contributed by atoms with E-state index in [-0.39, 0.29) is 0 Å². The topological polar surface area (TPSA) is 38.7 Å². The van der Waals surface area contributed by atoms with Crippen LogP contribution in [0.15, 0.2) is 48.5 Å². The summed E-state index contributed by atoms with van der Waals surface area (Å²) in [4.78, 5) is 0. The Hall–Kier alpha value is -2.00. The number of ether oxygens (including phenoxy) is 2. The fraction of sp³-hybridized carbons (Fsp3) is 0.294. The summed E-state index contributed by atoms with van der Waals surface area (Å²) >= 11 is 0. The monoisotopic (exact) mass is 272 g/mol. The lowest BCUT2D eigenvalue weighted by Crippen LogP contribution is -2.07. The molecule has 0 aliphatic rings. The molecule has 0 saturated heterocycles. The van der Waals surface area contributed by atoms with Crippen LogP contribution in [0.3, 0.4) is 0 Å². The van der Waals surface area contributed by atoms with E-state index >= 15 is 0 Å². The van der Waals surface area contributed by atoms with Crippen LogP contribution in [-0.4, -0.2) is 18.3 Å². The molecule has 0 aliphatic carbocycles. The lowest BCUT2D eigenvalue weighted by molar-refractivity contribution is 0.192. The van der Waals surface area contributed by atoms with Gasteiger partial charge in [0.1, 0.15) is 6.61 Å². The first-order chi connectivity index (χ1) is 9.70. The van der Waals surface area contributed by atoms with Gasteiger partial charge in [0.05, 0.1) is 13.2 Å². The largest absolute Gasteiger partial charge is 0.493 e. The number of hydrogen-bond donors (Lipinski definition) is 1. The number of para-hydroxylation sites is 1. The molecule has 20 heavy (non-hydrogen) atoms. The fourth-order valence-electron chi connectivity index (χ4n) is 2.09. The second-order valence-corrected chi connectivity index (χ2v) is 4.78. The molecule has 3 nitrogen and oxygen atoms in total. The lowest BCUT2D eigenvalue weighted by atomic mass is 10.1. The van der Waals surface area contributed by atoms with Crippen LogP contribution in [0.25, 0.3) is 0 Å². The van der Waals surface area contributed by atoms with Gasteiger partial charge >= 0.3 is 0 Å². The van der Waals surface area contributed by atoms with E-state index in [1.807, 2.05) is 48.5 Å². The number of methoxy groups -OCH3 is 1. The number of aliphatic hydroxyl groups excluding tert-OH is 1. The van der Waals surface area contributed by atoms with E-state index in [0.717, 1.165) is 11.1 Å². The van der Waals surface area contributed by atoms with Crippen molar-refractivity contribution >= 4 is 0 Å². The molecule has 2 aromatic carbocycles. The summed E-state index contributed by atoms with van der Waals surface area (Å²) in [6.07, 6.45) is 0.127. The van der Waals surface area contributed by atoms with E-state index in [1.165, 1.54) is 0 Å². The van der Waals surface area contributed by atoms with Gasteiger partial charge in [-0.1, -0.05) is 42.5 Å². The minimum absolute atomic E-state index is 0.416. The predicted molar refractivity (Wildman–Crippen MR) is 79.2 cm³/mol. The van der Waals surface area contributed by atoms with Crippen molar-refractivity contribution in [3.63, 3.8) is 0 Å².